The fourth-order valence-corrected chi connectivity index (χ4v) is 3.43. The summed E-state index contributed by atoms with van der Waals surface area (Å²) in [5.74, 6) is 3.00. The molecule has 0 amide bonds. The van der Waals surface area contributed by atoms with Gasteiger partial charge in [-0.1, -0.05) is 25.7 Å². The van der Waals surface area contributed by atoms with Crippen molar-refractivity contribution in [3.63, 3.8) is 0 Å². The third-order valence-corrected chi connectivity index (χ3v) is 4.69. The first kappa shape index (κ1) is 16.0. The predicted molar refractivity (Wildman–Crippen MR) is 97.7 cm³/mol. The van der Waals surface area contributed by atoms with Crippen LogP contribution in [0.4, 0.5) is 17.5 Å². The summed E-state index contributed by atoms with van der Waals surface area (Å²) >= 11 is 0. The summed E-state index contributed by atoms with van der Waals surface area (Å²) in [5.41, 5.74) is 1.82. The zero-order valence-electron chi connectivity index (χ0n) is 14.5. The predicted octanol–water partition coefficient (Wildman–Crippen LogP) is 4.39. The van der Waals surface area contributed by atoms with E-state index in [1.165, 1.54) is 38.5 Å². The first-order valence-electron chi connectivity index (χ1n) is 9.05. The number of nitrogens with zero attached hydrogens (tertiary/aromatic N) is 2. The molecule has 2 aromatic rings. The number of fused-ring (bicyclic) bond motifs is 1. The second-order valence-electron chi connectivity index (χ2n) is 6.74. The number of nitrogens with one attached hydrogen (secondary N) is 2. The van der Waals surface area contributed by atoms with Crippen LogP contribution in [0.15, 0.2) is 24.3 Å². The third kappa shape index (κ3) is 3.95. The molecule has 4 rings (SSSR count). The molecule has 1 aromatic heterocycles. The van der Waals surface area contributed by atoms with Gasteiger partial charge in [-0.25, -0.2) is 4.98 Å². The molecule has 25 heavy (non-hydrogen) atoms. The summed E-state index contributed by atoms with van der Waals surface area (Å²) in [6.45, 7) is 2.26. The Morgan fingerprint density at radius 2 is 1.76 bits per heavy atom. The van der Waals surface area contributed by atoms with Crippen molar-refractivity contribution in [2.75, 3.05) is 17.4 Å². The van der Waals surface area contributed by atoms with Crippen LogP contribution < -0.4 is 20.1 Å². The van der Waals surface area contributed by atoms with Crippen LogP contribution in [0.25, 0.3) is 0 Å². The van der Waals surface area contributed by atoms with Gasteiger partial charge in [0.15, 0.2) is 11.5 Å². The van der Waals surface area contributed by atoms with Gasteiger partial charge >= 0.3 is 0 Å². The molecule has 6 nitrogen and oxygen atoms in total. The molecule has 0 atom stereocenters. The molecule has 2 N–H and O–H groups in total. The van der Waals surface area contributed by atoms with Crippen molar-refractivity contribution in [3.05, 3.63) is 30.0 Å². The Bertz CT molecular complexity index is 742. The van der Waals surface area contributed by atoms with Gasteiger partial charge in [-0.3, -0.25) is 0 Å². The Morgan fingerprint density at radius 1 is 0.960 bits per heavy atom. The lowest BCUT2D eigenvalue weighted by molar-refractivity contribution is 0.174. The van der Waals surface area contributed by atoms with Gasteiger partial charge in [0.1, 0.15) is 5.82 Å². The zero-order chi connectivity index (χ0) is 17.1. The molecule has 0 spiro atoms. The monoisotopic (exact) mass is 340 g/mol. The van der Waals surface area contributed by atoms with Gasteiger partial charge in [0, 0.05) is 29.6 Å². The van der Waals surface area contributed by atoms with Gasteiger partial charge < -0.3 is 20.1 Å². The number of benzene rings is 1. The number of rotatable bonds is 4. The summed E-state index contributed by atoms with van der Waals surface area (Å²) in [6.07, 6.45) is 7.71. The molecule has 1 fully saturated rings. The van der Waals surface area contributed by atoms with Crippen molar-refractivity contribution in [1.82, 2.24) is 9.97 Å². The van der Waals surface area contributed by atoms with E-state index in [1.807, 2.05) is 31.2 Å². The number of aryl methyl sites for hydroxylation is 1. The minimum Gasteiger partial charge on any atom is -0.454 e. The van der Waals surface area contributed by atoms with Gasteiger partial charge in [0.05, 0.1) is 0 Å². The number of hydrogen-bond donors (Lipinski definition) is 2. The highest BCUT2D eigenvalue weighted by Gasteiger charge is 2.15. The second kappa shape index (κ2) is 7.17. The Hall–Kier alpha value is -2.50. The quantitative estimate of drug-likeness (QED) is 0.805. The summed E-state index contributed by atoms with van der Waals surface area (Å²) in [7, 11) is 0. The van der Waals surface area contributed by atoms with E-state index in [2.05, 4.69) is 20.6 Å². The van der Waals surface area contributed by atoms with E-state index >= 15 is 0 Å². The molecule has 6 heteroatoms. The molecule has 0 saturated heterocycles. The average molecular weight is 340 g/mol. The molecule has 1 aromatic carbocycles. The number of ether oxygens (including phenoxy) is 2. The molecule has 0 radical (unpaired) electrons. The molecule has 2 heterocycles. The molecule has 132 valence electrons. The smallest absolute Gasteiger partial charge is 0.231 e. The summed E-state index contributed by atoms with van der Waals surface area (Å²) in [6, 6.07) is 8.26. The Morgan fingerprint density at radius 3 is 2.60 bits per heavy atom. The van der Waals surface area contributed by atoms with Crippen LogP contribution in [0.5, 0.6) is 11.5 Å². The molecule has 0 bridgehead atoms. The average Bonchev–Trinajstić information content (AvgIpc) is 2.90. The highest BCUT2D eigenvalue weighted by Crippen LogP contribution is 2.34. The largest absolute Gasteiger partial charge is 0.454 e. The van der Waals surface area contributed by atoms with Crippen molar-refractivity contribution in [2.24, 2.45) is 0 Å². The van der Waals surface area contributed by atoms with E-state index in [9.17, 15) is 0 Å². The molecule has 1 saturated carbocycles. The lowest BCUT2D eigenvalue weighted by Crippen LogP contribution is -2.19. The minimum absolute atomic E-state index is 0.273. The van der Waals surface area contributed by atoms with Crippen molar-refractivity contribution < 1.29 is 9.47 Å². The van der Waals surface area contributed by atoms with E-state index in [0.717, 1.165) is 28.7 Å². The maximum absolute atomic E-state index is 5.42. The first-order chi connectivity index (χ1) is 12.3. The number of anilines is 3. The van der Waals surface area contributed by atoms with E-state index in [4.69, 9.17) is 9.47 Å². The molecular formula is C19H24N4O2. The van der Waals surface area contributed by atoms with Crippen LogP contribution in [-0.4, -0.2) is 22.8 Å². The molecule has 1 aliphatic heterocycles. The highest BCUT2D eigenvalue weighted by atomic mass is 16.7. The normalized spacial score (nSPS) is 17.2. The number of aromatic nitrogens is 2. The Kier molecular flexibility index (Phi) is 4.59. The minimum atomic E-state index is 0.273. The molecule has 2 aliphatic rings. The van der Waals surface area contributed by atoms with Crippen LogP contribution in [0, 0.1) is 6.92 Å². The molecular weight excluding hydrogens is 316 g/mol. The standard InChI is InChI=1S/C19H24N4O2/c1-13-10-18(21-14-6-4-2-3-5-7-14)23-19(20-13)22-15-8-9-16-17(11-15)25-12-24-16/h8-11,14H,2-7,12H2,1H3,(H2,20,21,22,23). The van der Waals surface area contributed by atoms with Crippen LogP contribution in [0.3, 0.4) is 0 Å². The van der Waals surface area contributed by atoms with Crippen LogP contribution >= 0.6 is 0 Å². The summed E-state index contributed by atoms with van der Waals surface area (Å²) < 4.78 is 10.8. The first-order valence-corrected chi connectivity index (χ1v) is 9.05. The topological polar surface area (TPSA) is 68.3 Å². The van der Waals surface area contributed by atoms with Crippen molar-refractivity contribution >= 4 is 17.5 Å². The van der Waals surface area contributed by atoms with Crippen LogP contribution in [0.2, 0.25) is 0 Å². The fraction of sp³-hybridized carbons (Fsp3) is 0.474. The van der Waals surface area contributed by atoms with Gasteiger partial charge in [0.2, 0.25) is 12.7 Å². The van der Waals surface area contributed by atoms with Crippen molar-refractivity contribution in [3.8, 4) is 11.5 Å². The Labute approximate surface area is 148 Å². The SMILES string of the molecule is Cc1cc(NC2CCCCCC2)nc(Nc2ccc3c(c2)OCO3)n1. The third-order valence-electron chi connectivity index (χ3n) is 4.69. The maximum Gasteiger partial charge on any atom is 0.231 e. The lowest BCUT2D eigenvalue weighted by Gasteiger charge is -2.17. The lowest BCUT2D eigenvalue weighted by atomic mass is 10.1. The summed E-state index contributed by atoms with van der Waals surface area (Å²) in [4.78, 5) is 9.14. The van der Waals surface area contributed by atoms with E-state index in [-0.39, 0.29) is 6.79 Å². The van der Waals surface area contributed by atoms with Gasteiger partial charge in [-0.2, -0.15) is 4.98 Å². The summed E-state index contributed by atoms with van der Waals surface area (Å²) in [5, 5.41) is 6.86. The second-order valence-corrected chi connectivity index (χ2v) is 6.74. The van der Waals surface area contributed by atoms with E-state index in [1.54, 1.807) is 0 Å². The van der Waals surface area contributed by atoms with Crippen molar-refractivity contribution in [2.45, 2.75) is 51.5 Å². The zero-order valence-corrected chi connectivity index (χ0v) is 14.5. The van der Waals surface area contributed by atoms with E-state index in [0.29, 0.717) is 12.0 Å². The number of hydrogen-bond acceptors (Lipinski definition) is 6. The van der Waals surface area contributed by atoms with Gasteiger partial charge in [0.25, 0.3) is 0 Å². The van der Waals surface area contributed by atoms with Gasteiger partial charge in [-0.05, 0) is 31.9 Å². The molecule has 1 aliphatic carbocycles. The fourth-order valence-electron chi connectivity index (χ4n) is 3.43. The Balaban J connectivity index is 1.49. The molecule has 0 unspecified atom stereocenters. The van der Waals surface area contributed by atoms with Crippen LogP contribution in [0.1, 0.15) is 44.2 Å². The maximum atomic E-state index is 5.42. The van der Waals surface area contributed by atoms with E-state index < -0.39 is 0 Å². The highest BCUT2D eigenvalue weighted by molar-refractivity contribution is 5.61. The van der Waals surface area contributed by atoms with Crippen LogP contribution in [-0.2, 0) is 0 Å². The van der Waals surface area contributed by atoms with Crippen molar-refractivity contribution in [1.29, 1.82) is 0 Å². The van der Waals surface area contributed by atoms with Gasteiger partial charge in [-0.15, -0.1) is 0 Å².